The molecule has 0 fully saturated rings. The number of halogens is 1. The van der Waals surface area contributed by atoms with Gasteiger partial charge in [-0.1, -0.05) is 49.2 Å². The molecule has 0 aliphatic carbocycles. The lowest BCUT2D eigenvalue weighted by molar-refractivity contribution is -0.688. The summed E-state index contributed by atoms with van der Waals surface area (Å²) in [5.41, 5.74) is 6.32. The van der Waals surface area contributed by atoms with Gasteiger partial charge < -0.3 is 39.2 Å². The zero-order chi connectivity index (χ0) is 43.7. The zero-order valence-corrected chi connectivity index (χ0v) is 36.5. The van der Waals surface area contributed by atoms with E-state index >= 15 is 0 Å². The predicted octanol–water partition coefficient (Wildman–Crippen LogP) is 8.29. The van der Waals surface area contributed by atoms with Gasteiger partial charge in [-0.25, -0.2) is 23.0 Å². The number of aliphatic hydroxyl groups excluding tert-OH is 1. The van der Waals surface area contributed by atoms with Crippen molar-refractivity contribution < 1.29 is 47.0 Å². The average Bonchev–Trinajstić information content (AvgIpc) is 3.72. The average molecular weight is 886 g/mol. The molecule has 2 aromatic heterocycles. The van der Waals surface area contributed by atoms with Crippen LogP contribution in [0.1, 0.15) is 61.3 Å². The summed E-state index contributed by atoms with van der Waals surface area (Å²) in [5.74, 6) is 0.548. The third kappa shape index (κ3) is 14.7. The Labute approximate surface area is 365 Å². The lowest BCUT2D eigenvalue weighted by Crippen LogP contribution is -2.33. The highest BCUT2D eigenvalue weighted by Crippen LogP contribution is 2.36. The lowest BCUT2D eigenvalue weighted by Gasteiger charge is -2.16. The molecular weight excluding hydrogens is 831 g/mol. The Morgan fingerprint density at radius 1 is 0.855 bits per heavy atom. The smallest absolute Gasteiger partial charge is 0.472 e. The Hall–Kier alpha value is -4.73. The standard InChI is InChI=1S/C47H54FN4O8PS/c1-62(57)42-22-18-38(19-23-42)47-50-45(36-16-20-41(48)21-17-36)46(51-47)37-24-27-52(28-25-37)33-40-15-14-39(31-44(40)59-34-60-61(54,55)56)43(53)32-49-26-8-2-3-9-29-58-30-10-7-13-35-11-5-4-6-12-35/h4-6,11-12,14-25,27-28,31,43,49,53H,2-3,7-10,13,26,29-30,32-34H2,1H3,(H2,54,55,56)/p+1. The summed E-state index contributed by atoms with van der Waals surface area (Å²) in [5, 5.41) is 14.4. The van der Waals surface area contributed by atoms with E-state index < -0.39 is 31.9 Å². The van der Waals surface area contributed by atoms with Crippen LogP contribution in [-0.2, 0) is 38.0 Å². The number of aromatic nitrogens is 3. The van der Waals surface area contributed by atoms with Crippen molar-refractivity contribution >= 4 is 19.0 Å². The van der Waals surface area contributed by atoms with Crippen molar-refractivity contribution in [3.8, 4) is 39.7 Å². The summed E-state index contributed by atoms with van der Waals surface area (Å²) >= 11 is -1.12. The van der Waals surface area contributed by atoms with Gasteiger partial charge in [0.25, 0.3) is 0 Å². The zero-order valence-electron chi connectivity index (χ0n) is 34.8. The molecule has 0 aliphatic heterocycles. The van der Waals surface area contributed by atoms with E-state index in [0.29, 0.717) is 52.1 Å². The van der Waals surface area contributed by atoms with Crippen molar-refractivity contribution in [2.75, 3.05) is 39.4 Å². The molecule has 0 saturated carbocycles. The van der Waals surface area contributed by atoms with E-state index in [4.69, 9.17) is 14.5 Å². The van der Waals surface area contributed by atoms with Crippen LogP contribution in [0.3, 0.4) is 0 Å². The number of hydrogen-bond donors (Lipinski definition) is 5. The van der Waals surface area contributed by atoms with Crippen LogP contribution in [0, 0.1) is 5.82 Å². The van der Waals surface area contributed by atoms with Crippen LogP contribution in [-0.4, -0.2) is 68.8 Å². The van der Waals surface area contributed by atoms with Crippen molar-refractivity contribution in [3.63, 3.8) is 0 Å². The first-order chi connectivity index (χ1) is 30.0. The summed E-state index contributed by atoms with van der Waals surface area (Å²) in [6.07, 6.45) is 11.9. The van der Waals surface area contributed by atoms with Crippen LogP contribution >= 0.6 is 7.82 Å². The van der Waals surface area contributed by atoms with Gasteiger partial charge in [0.1, 0.15) is 23.6 Å². The number of aromatic amines is 1. The summed E-state index contributed by atoms with van der Waals surface area (Å²) in [6.45, 7) is 2.27. The van der Waals surface area contributed by atoms with Crippen LogP contribution in [0.4, 0.5) is 4.39 Å². The fourth-order valence-electron chi connectivity index (χ4n) is 6.91. The van der Waals surface area contributed by atoms with E-state index in [1.54, 1.807) is 42.7 Å². The number of H-pyrrole nitrogens is 1. The molecule has 0 amide bonds. The summed E-state index contributed by atoms with van der Waals surface area (Å²) in [6, 6.07) is 33.1. The Morgan fingerprint density at radius 3 is 2.26 bits per heavy atom. The monoisotopic (exact) mass is 885 g/mol. The molecule has 0 saturated heterocycles. The molecule has 12 nitrogen and oxygen atoms in total. The molecule has 2 atom stereocenters. The molecule has 0 spiro atoms. The molecule has 0 radical (unpaired) electrons. The largest absolute Gasteiger partial charge is 0.612 e. The fourth-order valence-corrected chi connectivity index (χ4v) is 7.62. The maximum Gasteiger partial charge on any atom is 0.472 e. The lowest BCUT2D eigenvalue weighted by atomic mass is 10.0. The number of nitrogens with zero attached hydrogens (tertiary/aromatic N) is 2. The number of benzene rings is 4. The maximum absolute atomic E-state index is 13.9. The Kier molecular flexibility index (Phi) is 17.8. The van der Waals surface area contributed by atoms with Crippen molar-refractivity contribution in [1.82, 2.24) is 15.3 Å². The fraction of sp³-hybridized carbons (Fsp3) is 0.319. The SMILES string of the molecule is C[S+]([O-])c1ccc(-c2nc(-c3cc[n+](Cc4ccc(C(O)CNCCCCCCOCCCCc5ccccc5)cc4OCOP(=O)(O)O)cc3)c(-c3ccc(F)cc3)[nH]2)cc1. The van der Waals surface area contributed by atoms with E-state index in [2.05, 4.69) is 39.1 Å². The van der Waals surface area contributed by atoms with Crippen LogP contribution in [0.25, 0.3) is 33.9 Å². The molecule has 328 valence electrons. The first-order valence-corrected chi connectivity index (χ1v) is 23.9. The third-order valence-corrected chi connectivity index (χ3v) is 11.7. The normalized spacial score (nSPS) is 12.7. The number of phosphoric acid groups is 1. The Balaban J connectivity index is 1.03. The number of pyridine rings is 1. The minimum Gasteiger partial charge on any atom is -0.612 e. The molecule has 2 unspecified atom stereocenters. The molecular formula is C47H55FN4O8PS+. The second-order valence-corrected chi connectivity index (χ2v) is 17.6. The topological polar surface area (TPSA) is 173 Å². The number of rotatable bonds is 25. The number of unbranched alkanes of at least 4 members (excludes halogenated alkanes) is 4. The Bertz CT molecular complexity index is 2310. The molecule has 2 heterocycles. The number of ether oxygens (including phenoxy) is 2. The number of aliphatic hydroxyl groups is 1. The Morgan fingerprint density at radius 2 is 1.55 bits per heavy atom. The van der Waals surface area contributed by atoms with E-state index in [9.17, 15) is 28.4 Å². The number of hydrogen-bond acceptors (Lipinski definition) is 8. The van der Waals surface area contributed by atoms with Gasteiger partial charge in [-0.2, -0.15) is 0 Å². The number of aryl methyl sites for hydroxylation is 1. The van der Waals surface area contributed by atoms with Crippen molar-refractivity contribution in [2.24, 2.45) is 0 Å². The maximum atomic E-state index is 13.9. The molecule has 0 aliphatic rings. The van der Waals surface area contributed by atoms with Crippen LogP contribution < -0.4 is 14.6 Å². The van der Waals surface area contributed by atoms with E-state index in [1.165, 1.54) is 17.7 Å². The molecule has 4 aromatic carbocycles. The highest BCUT2D eigenvalue weighted by molar-refractivity contribution is 7.90. The molecule has 6 rings (SSSR count). The van der Waals surface area contributed by atoms with Gasteiger partial charge in [-0.05, 0) is 122 Å². The highest BCUT2D eigenvalue weighted by atomic mass is 32.2. The molecule has 0 bridgehead atoms. The van der Waals surface area contributed by atoms with Crippen LogP contribution in [0.15, 0.2) is 126 Å². The van der Waals surface area contributed by atoms with Gasteiger partial charge in [-0.3, -0.25) is 0 Å². The van der Waals surface area contributed by atoms with Gasteiger partial charge in [0.2, 0.25) is 0 Å². The van der Waals surface area contributed by atoms with E-state index in [-0.39, 0.29) is 5.82 Å². The van der Waals surface area contributed by atoms with Crippen molar-refractivity contribution in [1.29, 1.82) is 0 Å². The molecule has 62 heavy (non-hydrogen) atoms. The van der Waals surface area contributed by atoms with Gasteiger partial charge in [-0.15, -0.1) is 0 Å². The molecule has 5 N–H and O–H groups in total. The number of phosphoric ester groups is 1. The van der Waals surface area contributed by atoms with Crippen molar-refractivity contribution in [3.05, 3.63) is 144 Å². The van der Waals surface area contributed by atoms with Gasteiger partial charge in [0, 0.05) is 48.6 Å². The highest BCUT2D eigenvalue weighted by Gasteiger charge is 2.20. The third-order valence-electron chi connectivity index (χ3n) is 10.3. The second kappa shape index (κ2) is 23.6. The summed E-state index contributed by atoms with van der Waals surface area (Å²) in [4.78, 5) is 27.5. The van der Waals surface area contributed by atoms with Gasteiger partial charge >= 0.3 is 7.82 Å². The molecule has 6 aromatic rings. The van der Waals surface area contributed by atoms with E-state index in [1.807, 2.05) is 53.4 Å². The van der Waals surface area contributed by atoms with Crippen LogP contribution in [0.2, 0.25) is 0 Å². The summed E-state index contributed by atoms with van der Waals surface area (Å²) in [7, 11) is -4.79. The van der Waals surface area contributed by atoms with Gasteiger partial charge in [0.15, 0.2) is 30.6 Å². The second-order valence-electron chi connectivity index (χ2n) is 15.0. The summed E-state index contributed by atoms with van der Waals surface area (Å²) < 4.78 is 55.3. The first kappa shape index (κ1) is 46.8. The van der Waals surface area contributed by atoms with Crippen molar-refractivity contribution in [2.45, 2.75) is 62.5 Å². The number of nitrogens with one attached hydrogen (secondary N) is 2. The quantitative estimate of drug-likeness (QED) is 0.0124. The first-order valence-electron chi connectivity index (χ1n) is 20.8. The number of imidazole rings is 1. The van der Waals surface area contributed by atoms with Gasteiger partial charge in [0.05, 0.1) is 23.1 Å². The predicted molar refractivity (Wildman–Crippen MR) is 238 cm³/mol. The van der Waals surface area contributed by atoms with Crippen LogP contribution in [0.5, 0.6) is 5.75 Å². The minimum atomic E-state index is -4.79. The minimum absolute atomic E-state index is 0.304. The van der Waals surface area contributed by atoms with E-state index in [0.717, 1.165) is 81.4 Å². The molecule has 15 heteroatoms.